The van der Waals surface area contributed by atoms with Gasteiger partial charge in [-0.1, -0.05) is 13.0 Å². The van der Waals surface area contributed by atoms with Gasteiger partial charge in [0.25, 0.3) is 0 Å². The topological polar surface area (TPSA) is 43.1 Å². The standard InChI is InChI=1S/C7H15NOS/c1-3-5-6-7(4-2)10(8)9/h3,7H,1,4-6,8H2,2H3/t7-,10?/m1/s1. The zero-order valence-corrected chi connectivity index (χ0v) is 7.19. The zero-order valence-electron chi connectivity index (χ0n) is 6.38. The fourth-order valence-electron chi connectivity index (χ4n) is 0.788. The molecule has 0 fully saturated rings. The van der Waals surface area contributed by atoms with Crippen LogP contribution in [0.2, 0.25) is 0 Å². The highest BCUT2D eigenvalue weighted by Gasteiger charge is 2.08. The Bertz CT molecular complexity index is 125. The average molecular weight is 161 g/mol. The van der Waals surface area contributed by atoms with Crippen LogP contribution in [0.25, 0.3) is 0 Å². The monoisotopic (exact) mass is 161 g/mol. The Kier molecular flexibility index (Phi) is 5.54. The summed E-state index contributed by atoms with van der Waals surface area (Å²) in [6.07, 6.45) is 4.51. The van der Waals surface area contributed by atoms with E-state index in [1.54, 1.807) is 0 Å². The Balaban J connectivity index is 3.60. The second kappa shape index (κ2) is 5.62. The highest BCUT2D eigenvalue weighted by molar-refractivity contribution is 7.83. The first-order chi connectivity index (χ1) is 4.72. The molecule has 1 unspecified atom stereocenters. The molecule has 0 radical (unpaired) electrons. The highest BCUT2D eigenvalue weighted by Crippen LogP contribution is 2.06. The van der Waals surface area contributed by atoms with Crippen molar-refractivity contribution in [3.05, 3.63) is 12.7 Å². The molecule has 0 aromatic heterocycles. The van der Waals surface area contributed by atoms with Crippen LogP contribution in [0, 0.1) is 0 Å². The third-order valence-electron chi connectivity index (χ3n) is 1.48. The molecule has 3 heteroatoms. The lowest BCUT2D eigenvalue weighted by molar-refractivity contribution is 0.652. The van der Waals surface area contributed by atoms with E-state index < -0.39 is 11.0 Å². The van der Waals surface area contributed by atoms with Gasteiger partial charge in [-0.3, -0.25) is 5.14 Å². The van der Waals surface area contributed by atoms with Gasteiger partial charge in [-0.2, -0.15) is 0 Å². The number of hydrogen-bond donors (Lipinski definition) is 1. The SMILES string of the molecule is C=CCC[C@@H](CC)S(N)=O. The van der Waals surface area contributed by atoms with Crippen molar-refractivity contribution in [3.63, 3.8) is 0 Å². The molecule has 0 rings (SSSR count). The van der Waals surface area contributed by atoms with Crippen LogP contribution >= 0.6 is 0 Å². The molecule has 0 aliphatic carbocycles. The van der Waals surface area contributed by atoms with Gasteiger partial charge >= 0.3 is 0 Å². The van der Waals surface area contributed by atoms with Gasteiger partial charge in [-0.25, -0.2) is 4.21 Å². The van der Waals surface area contributed by atoms with Crippen molar-refractivity contribution in [3.8, 4) is 0 Å². The van der Waals surface area contributed by atoms with Crippen LogP contribution in [-0.4, -0.2) is 9.46 Å². The Labute approximate surface area is 65.1 Å². The third kappa shape index (κ3) is 3.80. The summed E-state index contributed by atoms with van der Waals surface area (Å²) in [5.74, 6) is 0. The van der Waals surface area contributed by atoms with Gasteiger partial charge in [0.05, 0.1) is 11.0 Å². The zero-order chi connectivity index (χ0) is 7.98. The summed E-state index contributed by atoms with van der Waals surface area (Å²) >= 11 is 0. The van der Waals surface area contributed by atoms with Crippen LogP contribution in [0.4, 0.5) is 0 Å². The number of nitrogens with two attached hydrogens (primary N) is 1. The maximum atomic E-state index is 10.7. The van der Waals surface area contributed by atoms with Crippen molar-refractivity contribution in [1.82, 2.24) is 0 Å². The molecule has 2 N–H and O–H groups in total. The minimum Gasteiger partial charge on any atom is -0.252 e. The maximum absolute atomic E-state index is 10.7. The molecule has 0 bridgehead atoms. The normalized spacial score (nSPS) is 16.2. The van der Waals surface area contributed by atoms with Gasteiger partial charge in [-0.05, 0) is 19.3 Å². The van der Waals surface area contributed by atoms with Gasteiger partial charge in [0.2, 0.25) is 0 Å². The summed E-state index contributed by atoms with van der Waals surface area (Å²) in [4.78, 5) is 0. The van der Waals surface area contributed by atoms with E-state index in [0.717, 1.165) is 19.3 Å². The first-order valence-electron chi connectivity index (χ1n) is 3.48. The van der Waals surface area contributed by atoms with Crippen LogP contribution < -0.4 is 5.14 Å². The van der Waals surface area contributed by atoms with Crippen molar-refractivity contribution >= 4 is 11.0 Å². The van der Waals surface area contributed by atoms with Crippen LogP contribution in [0.3, 0.4) is 0 Å². The molecule has 0 spiro atoms. The molecule has 0 aliphatic rings. The van der Waals surface area contributed by atoms with E-state index in [1.165, 1.54) is 0 Å². The minimum absolute atomic E-state index is 0.151. The number of hydrogen-bond acceptors (Lipinski definition) is 1. The summed E-state index contributed by atoms with van der Waals surface area (Å²) in [5, 5.41) is 5.38. The maximum Gasteiger partial charge on any atom is 0.0919 e. The van der Waals surface area contributed by atoms with Gasteiger partial charge in [-0.15, -0.1) is 6.58 Å². The van der Waals surface area contributed by atoms with Gasteiger partial charge in [0.1, 0.15) is 0 Å². The largest absolute Gasteiger partial charge is 0.252 e. The molecule has 0 amide bonds. The molecule has 0 saturated heterocycles. The molecule has 60 valence electrons. The van der Waals surface area contributed by atoms with E-state index in [1.807, 2.05) is 13.0 Å². The number of allylic oxidation sites excluding steroid dienone is 1. The first-order valence-corrected chi connectivity index (χ1v) is 4.75. The smallest absolute Gasteiger partial charge is 0.0919 e. The minimum atomic E-state index is -1.15. The lowest BCUT2D eigenvalue weighted by atomic mass is 10.2. The van der Waals surface area contributed by atoms with E-state index in [9.17, 15) is 4.21 Å². The molecule has 0 aliphatic heterocycles. The van der Waals surface area contributed by atoms with E-state index >= 15 is 0 Å². The van der Waals surface area contributed by atoms with Crippen LogP contribution in [0.1, 0.15) is 26.2 Å². The number of rotatable bonds is 5. The molecular weight excluding hydrogens is 146 g/mol. The second-order valence-electron chi connectivity index (χ2n) is 2.22. The van der Waals surface area contributed by atoms with Gasteiger partial charge < -0.3 is 0 Å². The molecule has 0 heterocycles. The van der Waals surface area contributed by atoms with Gasteiger partial charge in [0.15, 0.2) is 0 Å². The van der Waals surface area contributed by atoms with Gasteiger partial charge in [0, 0.05) is 5.25 Å². The van der Waals surface area contributed by atoms with Crippen molar-refractivity contribution in [2.45, 2.75) is 31.4 Å². The molecular formula is C7H15NOS. The summed E-state index contributed by atoms with van der Waals surface area (Å²) in [7, 11) is -1.15. The van der Waals surface area contributed by atoms with Crippen LogP contribution in [0.15, 0.2) is 12.7 Å². The molecule has 0 saturated carbocycles. The molecule has 0 aromatic rings. The molecule has 10 heavy (non-hydrogen) atoms. The lowest BCUT2D eigenvalue weighted by Crippen LogP contribution is -2.20. The van der Waals surface area contributed by atoms with E-state index in [2.05, 4.69) is 6.58 Å². The first kappa shape index (κ1) is 9.85. The summed E-state index contributed by atoms with van der Waals surface area (Å²) in [5.41, 5.74) is 0. The van der Waals surface area contributed by atoms with E-state index in [4.69, 9.17) is 5.14 Å². The fraction of sp³-hybridized carbons (Fsp3) is 0.714. The Morgan fingerprint density at radius 1 is 1.80 bits per heavy atom. The summed E-state index contributed by atoms with van der Waals surface area (Å²) < 4.78 is 10.7. The van der Waals surface area contributed by atoms with E-state index in [-0.39, 0.29) is 5.25 Å². The molecule has 2 atom stereocenters. The molecule has 2 nitrogen and oxygen atoms in total. The predicted octanol–water partition coefficient (Wildman–Crippen LogP) is 1.35. The van der Waals surface area contributed by atoms with Crippen molar-refractivity contribution < 1.29 is 4.21 Å². The molecule has 0 aromatic carbocycles. The second-order valence-corrected chi connectivity index (χ2v) is 3.55. The van der Waals surface area contributed by atoms with Crippen molar-refractivity contribution in [1.29, 1.82) is 0 Å². The highest BCUT2D eigenvalue weighted by atomic mass is 32.2. The van der Waals surface area contributed by atoms with Crippen LogP contribution in [0.5, 0.6) is 0 Å². The fourth-order valence-corrected chi connectivity index (χ4v) is 1.49. The summed E-state index contributed by atoms with van der Waals surface area (Å²) in [6.45, 7) is 5.59. The average Bonchev–Trinajstić information content (AvgIpc) is 1.89. The lowest BCUT2D eigenvalue weighted by Gasteiger charge is -2.08. The van der Waals surface area contributed by atoms with Crippen molar-refractivity contribution in [2.24, 2.45) is 5.14 Å². The van der Waals surface area contributed by atoms with Crippen molar-refractivity contribution in [2.75, 3.05) is 0 Å². The van der Waals surface area contributed by atoms with Crippen LogP contribution in [-0.2, 0) is 11.0 Å². The Morgan fingerprint density at radius 2 is 2.40 bits per heavy atom. The Morgan fingerprint density at radius 3 is 2.70 bits per heavy atom. The quantitative estimate of drug-likeness (QED) is 0.608. The third-order valence-corrected chi connectivity index (χ3v) is 2.70. The predicted molar refractivity (Wildman–Crippen MR) is 45.8 cm³/mol. The van der Waals surface area contributed by atoms with E-state index in [0.29, 0.717) is 0 Å². The Hall–Kier alpha value is -0.150. The summed E-state index contributed by atoms with van der Waals surface area (Å²) in [6, 6.07) is 0.